The van der Waals surface area contributed by atoms with Gasteiger partial charge < -0.3 is 20.7 Å². The second-order valence-corrected chi connectivity index (χ2v) is 8.79. The average Bonchev–Trinajstić information content (AvgIpc) is 3.13. The van der Waals surface area contributed by atoms with Crippen LogP contribution in [0.1, 0.15) is 44.4 Å². The summed E-state index contributed by atoms with van der Waals surface area (Å²) in [5.41, 5.74) is 2.70. The predicted molar refractivity (Wildman–Crippen MR) is 120 cm³/mol. The first-order valence-corrected chi connectivity index (χ1v) is 10.5. The molecule has 4 rings (SSSR count). The minimum Gasteiger partial charge on any atom is -0.443 e. The molecule has 2 atom stereocenters. The molecule has 3 aromatic rings. The van der Waals surface area contributed by atoms with E-state index in [4.69, 9.17) is 5.11 Å². The number of para-hydroxylation sites is 1. The molecule has 0 spiro atoms. The molecule has 1 aliphatic carbocycles. The van der Waals surface area contributed by atoms with Crippen LogP contribution >= 0.6 is 0 Å². The summed E-state index contributed by atoms with van der Waals surface area (Å²) in [6.45, 7) is 4.97. The van der Waals surface area contributed by atoms with Crippen LogP contribution < -0.4 is 10.6 Å². The first kappa shape index (κ1) is 20.2. The maximum atomic E-state index is 9.45. The summed E-state index contributed by atoms with van der Waals surface area (Å²) < 4.78 is 0. The van der Waals surface area contributed by atoms with Crippen molar-refractivity contribution in [1.29, 1.82) is 5.26 Å². The second kappa shape index (κ2) is 8.33. The molecule has 0 bridgehead atoms. The number of aromatic nitrogens is 3. The van der Waals surface area contributed by atoms with Gasteiger partial charge >= 0.3 is 0 Å². The van der Waals surface area contributed by atoms with Crippen LogP contribution in [-0.2, 0) is 6.42 Å². The smallest absolute Gasteiger partial charge is 0.224 e. The van der Waals surface area contributed by atoms with Crippen LogP contribution in [0.3, 0.4) is 0 Å². The molecule has 1 saturated carbocycles. The molecule has 7 heteroatoms. The molecule has 0 amide bonds. The molecule has 7 nitrogen and oxygen atoms in total. The molecule has 156 valence electrons. The lowest BCUT2D eigenvalue weighted by Crippen LogP contribution is -2.41. The van der Waals surface area contributed by atoms with Gasteiger partial charge in [-0.3, -0.25) is 0 Å². The van der Waals surface area contributed by atoms with Gasteiger partial charge in [0.1, 0.15) is 17.5 Å². The Morgan fingerprint density at radius 2 is 2.13 bits per heavy atom. The summed E-state index contributed by atoms with van der Waals surface area (Å²) in [6.07, 6.45) is 5.00. The largest absolute Gasteiger partial charge is 0.443 e. The Hall–Kier alpha value is -3.11. The predicted octanol–water partition coefficient (Wildman–Crippen LogP) is 3.57. The third-order valence-corrected chi connectivity index (χ3v) is 6.03. The van der Waals surface area contributed by atoms with E-state index in [0.29, 0.717) is 23.9 Å². The van der Waals surface area contributed by atoms with Crippen molar-refractivity contribution >= 4 is 22.7 Å². The fourth-order valence-corrected chi connectivity index (χ4v) is 4.19. The van der Waals surface area contributed by atoms with Gasteiger partial charge in [-0.1, -0.05) is 32.0 Å². The van der Waals surface area contributed by atoms with Gasteiger partial charge in [0, 0.05) is 42.1 Å². The van der Waals surface area contributed by atoms with Crippen LogP contribution in [0.5, 0.6) is 0 Å². The molecule has 30 heavy (non-hydrogen) atoms. The van der Waals surface area contributed by atoms with E-state index >= 15 is 0 Å². The summed E-state index contributed by atoms with van der Waals surface area (Å²) in [7, 11) is 0. The fourth-order valence-electron chi connectivity index (χ4n) is 4.19. The lowest BCUT2D eigenvalue weighted by molar-refractivity contribution is 0.00926. The highest BCUT2D eigenvalue weighted by molar-refractivity contribution is 5.80. The van der Waals surface area contributed by atoms with E-state index < -0.39 is 0 Å². The lowest BCUT2D eigenvalue weighted by atomic mass is 9.73. The highest BCUT2D eigenvalue weighted by Crippen LogP contribution is 2.36. The molecule has 1 aromatic carbocycles. The molecule has 0 saturated heterocycles. The van der Waals surface area contributed by atoms with Crippen LogP contribution in [0.25, 0.3) is 10.9 Å². The highest BCUT2D eigenvalue weighted by atomic mass is 16.3. The van der Waals surface area contributed by atoms with Crippen LogP contribution in [0.15, 0.2) is 36.5 Å². The Bertz CT molecular complexity index is 1030. The van der Waals surface area contributed by atoms with Crippen LogP contribution in [0, 0.1) is 16.7 Å². The molecule has 5 N–H and O–H groups in total. The zero-order chi connectivity index (χ0) is 21.1. The van der Waals surface area contributed by atoms with Gasteiger partial charge in [-0.15, -0.1) is 0 Å². The van der Waals surface area contributed by atoms with Gasteiger partial charge in [-0.25, -0.2) is 4.98 Å². The molecule has 1 aliphatic rings. The van der Waals surface area contributed by atoms with E-state index in [1.165, 1.54) is 5.39 Å². The van der Waals surface area contributed by atoms with Crippen LogP contribution in [0.2, 0.25) is 0 Å². The van der Waals surface area contributed by atoms with Crippen molar-refractivity contribution in [3.8, 4) is 6.07 Å². The molecule has 2 aromatic heterocycles. The standard InChI is InChI=1S/C23H28N6O/c1-23(2)12-18(7-8-20(23)30)28-21-16(13-24)14-26-22(29-21)25-10-9-17-11-15-5-3-4-6-19(15)27-17/h3-6,11,14,18,20,27,30H,7-10,12H2,1-2H3,(H2,25,26,28,29)/p+1/t18-,20+/m1/s1. The summed E-state index contributed by atoms with van der Waals surface area (Å²) in [5.74, 6) is 1.09. The maximum absolute atomic E-state index is 9.45. The van der Waals surface area contributed by atoms with Crippen molar-refractivity contribution in [1.82, 2.24) is 15.0 Å². The van der Waals surface area contributed by atoms with E-state index in [0.717, 1.165) is 36.9 Å². The lowest BCUT2D eigenvalue weighted by Gasteiger charge is -2.37. The molecule has 1 fully saturated rings. The van der Waals surface area contributed by atoms with Crippen molar-refractivity contribution in [2.45, 2.75) is 51.7 Å². The number of hydrogen-bond acceptors (Lipinski definition) is 5. The van der Waals surface area contributed by atoms with E-state index in [1.807, 2.05) is 12.1 Å². The summed E-state index contributed by atoms with van der Waals surface area (Å²) in [4.78, 5) is 12.3. The van der Waals surface area contributed by atoms with Crippen molar-refractivity contribution in [2.24, 2.45) is 5.41 Å². The molecule has 0 unspecified atom stereocenters. The first-order valence-electron chi connectivity index (χ1n) is 10.5. The third kappa shape index (κ3) is 4.39. The number of fused-ring (bicyclic) bond motifs is 1. The monoisotopic (exact) mass is 405 g/mol. The molecule has 2 heterocycles. The Morgan fingerprint density at radius 1 is 1.30 bits per heavy atom. The van der Waals surface area contributed by atoms with E-state index in [9.17, 15) is 5.26 Å². The Kier molecular flexibility index (Phi) is 5.60. The van der Waals surface area contributed by atoms with Gasteiger partial charge in [0.15, 0.2) is 6.10 Å². The van der Waals surface area contributed by atoms with E-state index in [1.54, 1.807) is 6.20 Å². The SMILES string of the molecule is CC1(C)C[C@H](Nc2nc(NCCc3cc4ccccc4[nH]3)ncc2C#N)CC[C@@H]1[OH2+]. The van der Waals surface area contributed by atoms with Crippen molar-refractivity contribution in [3.05, 3.63) is 47.8 Å². The van der Waals surface area contributed by atoms with Gasteiger partial charge in [0.2, 0.25) is 5.95 Å². The fraction of sp³-hybridized carbons (Fsp3) is 0.435. The van der Waals surface area contributed by atoms with Crippen LogP contribution in [-0.4, -0.2) is 38.7 Å². The number of H-pyrrole nitrogens is 1. The van der Waals surface area contributed by atoms with Gasteiger partial charge in [-0.05, 0) is 30.4 Å². The number of rotatable bonds is 6. The normalized spacial score (nSPS) is 20.6. The number of anilines is 2. The maximum Gasteiger partial charge on any atom is 0.224 e. The topological polar surface area (TPSA) is 112 Å². The molecule has 0 radical (unpaired) electrons. The Balaban J connectivity index is 1.40. The molecular formula is C23H29N6O+. The van der Waals surface area contributed by atoms with Gasteiger partial charge in [0.05, 0.1) is 6.20 Å². The average molecular weight is 406 g/mol. The quantitative estimate of drug-likeness (QED) is 0.543. The number of benzene rings is 1. The first-order chi connectivity index (χ1) is 14.4. The number of hydrogen-bond donors (Lipinski definition) is 3. The van der Waals surface area contributed by atoms with Crippen molar-refractivity contribution in [3.63, 3.8) is 0 Å². The van der Waals surface area contributed by atoms with Gasteiger partial charge in [-0.2, -0.15) is 10.2 Å². The van der Waals surface area contributed by atoms with Crippen molar-refractivity contribution < 1.29 is 5.11 Å². The summed E-state index contributed by atoms with van der Waals surface area (Å²) >= 11 is 0. The zero-order valence-electron chi connectivity index (χ0n) is 17.5. The highest BCUT2D eigenvalue weighted by Gasteiger charge is 2.39. The van der Waals surface area contributed by atoms with Crippen molar-refractivity contribution in [2.75, 3.05) is 17.2 Å². The van der Waals surface area contributed by atoms with Crippen LogP contribution in [0.4, 0.5) is 11.8 Å². The molecular weight excluding hydrogens is 376 g/mol. The van der Waals surface area contributed by atoms with E-state index in [2.05, 4.69) is 63.7 Å². The number of nitrogens with zero attached hydrogens (tertiary/aromatic N) is 3. The minimum absolute atomic E-state index is 0.0433. The Morgan fingerprint density at radius 3 is 2.90 bits per heavy atom. The Labute approximate surface area is 176 Å². The van der Waals surface area contributed by atoms with E-state index in [-0.39, 0.29) is 17.6 Å². The second-order valence-electron chi connectivity index (χ2n) is 8.79. The number of nitriles is 1. The summed E-state index contributed by atoms with van der Waals surface area (Å²) in [5, 5.41) is 25.6. The minimum atomic E-state index is -0.0452. The number of nitrogens with one attached hydrogen (secondary N) is 3. The zero-order valence-corrected chi connectivity index (χ0v) is 17.5. The summed E-state index contributed by atoms with van der Waals surface area (Å²) in [6, 6.07) is 12.8. The number of aromatic amines is 1. The van der Waals surface area contributed by atoms with Gasteiger partial charge in [0.25, 0.3) is 0 Å². The molecule has 0 aliphatic heterocycles. The third-order valence-electron chi connectivity index (χ3n) is 6.03.